The van der Waals surface area contributed by atoms with Crippen molar-refractivity contribution >= 4 is 14.9 Å². The lowest BCUT2D eigenvalue weighted by Gasteiger charge is -2.03. The summed E-state index contributed by atoms with van der Waals surface area (Å²) in [6, 6.07) is 6.54. The van der Waals surface area contributed by atoms with Gasteiger partial charge in [-0.05, 0) is 25.5 Å². The zero-order chi connectivity index (χ0) is 10.8. The Morgan fingerprint density at radius 2 is 1.79 bits per heavy atom. The van der Waals surface area contributed by atoms with Gasteiger partial charge in [-0.2, -0.15) is 0 Å². The van der Waals surface area contributed by atoms with Crippen molar-refractivity contribution in [3.05, 3.63) is 29.8 Å². The Labute approximate surface area is 84.2 Å². The lowest BCUT2D eigenvalue weighted by Crippen LogP contribution is -2.12. The molecule has 1 aromatic carbocycles. The third-order valence-electron chi connectivity index (χ3n) is 1.98. The molecule has 0 fully saturated rings. The monoisotopic (exact) mass is 211 g/mol. The van der Waals surface area contributed by atoms with E-state index >= 15 is 0 Å². The highest BCUT2D eigenvalue weighted by atomic mass is 32.2. The first kappa shape index (κ1) is 10.9. The molecule has 1 N–H and O–H groups in total. The van der Waals surface area contributed by atoms with Crippen LogP contribution in [0.15, 0.2) is 29.2 Å². The predicted molar refractivity (Wildman–Crippen MR) is 56.4 cm³/mol. The van der Waals surface area contributed by atoms with Crippen LogP contribution in [0.5, 0.6) is 0 Å². The van der Waals surface area contributed by atoms with Crippen LogP contribution in [0.25, 0.3) is 0 Å². The molecular weight excluding hydrogens is 198 g/mol. The largest absolute Gasteiger partial charge is 0.293 e. The van der Waals surface area contributed by atoms with Gasteiger partial charge in [-0.25, -0.2) is 8.42 Å². The second kappa shape index (κ2) is 3.92. The van der Waals surface area contributed by atoms with Crippen LogP contribution in [0.3, 0.4) is 0 Å². The number of rotatable bonds is 2. The Morgan fingerprint density at radius 1 is 1.29 bits per heavy atom. The summed E-state index contributed by atoms with van der Waals surface area (Å²) in [5.74, 6) is 0. The van der Waals surface area contributed by atoms with E-state index in [2.05, 4.69) is 0 Å². The number of hydrogen-bond acceptors (Lipinski definition) is 3. The second-order valence-corrected chi connectivity index (χ2v) is 5.06. The molecule has 3 nitrogen and oxygen atoms in total. The fourth-order valence-electron chi connectivity index (χ4n) is 1.05. The molecule has 0 bridgehead atoms. The molecule has 0 aliphatic heterocycles. The summed E-state index contributed by atoms with van der Waals surface area (Å²) in [5.41, 5.74) is 1.01. The number of sulfone groups is 1. The molecule has 14 heavy (non-hydrogen) atoms. The Bertz CT molecular complexity index is 432. The lowest BCUT2D eigenvalue weighted by molar-refractivity contribution is 0.606. The second-order valence-electron chi connectivity index (χ2n) is 3.09. The first-order chi connectivity index (χ1) is 6.48. The normalized spacial score (nSPS) is 11.3. The third-order valence-corrected chi connectivity index (χ3v) is 3.81. The van der Waals surface area contributed by atoms with Crippen LogP contribution in [-0.2, 0) is 9.84 Å². The van der Waals surface area contributed by atoms with E-state index in [1.165, 1.54) is 12.1 Å². The van der Waals surface area contributed by atoms with Crippen LogP contribution in [0.2, 0.25) is 0 Å². The van der Waals surface area contributed by atoms with Crippen molar-refractivity contribution in [2.24, 2.45) is 0 Å². The summed E-state index contributed by atoms with van der Waals surface area (Å²) in [7, 11) is -3.52. The zero-order valence-corrected chi connectivity index (χ0v) is 9.06. The summed E-state index contributed by atoms with van der Waals surface area (Å²) >= 11 is 0. The maximum absolute atomic E-state index is 11.6. The molecule has 76 valence electrons. The van der Waals surface area contributed by atoms with Gasteiger partial charge in [0.2, 0.25) is 9.84 Å². The molecule has 0 aromatic heterocycles. The van der Waals surface area contributed by atoms with Crippen LogP contribution >= 0.6 is 0 Å². The Hall–Kier alpha value is -1.16. The summed E-state index contributed by atoms with van der Waals surface area (Å²) < 4.78 is 23.3. The van der Waals surface area contributed by atoms with E-state index in [1.54, 1.807) is 19.1 Å². The highest BCUT2D eigenvalue weighted by molar-refractivity contribution is 8.06. The molecule has 0 aliphatic carbocycles. The lowest BCUT2D eigenvalue weighted by atomic mass is 10.2. The molecule has 4 heteroatoms. The molecule has 1 rings (SSSR count). The highest BCUT2D eigenvalue weighted by Crippen LogP contribution is 2.14. The SMILES string of the molecule is CCC(=N)S(=O)(=O)c1ccc(C)cc1. The molecule has 0 heterocycles. The van der Waals surface area contributed by atoms with Gasteiger partial charge in [0.15, 0.2) is 0 Å². The van der Waals surface area contributed by atoms with Crippen molar-refractivity contribution in [3.8, 4) is 0 Å². The molecular formula is C10H13NO2S. The van der Waals surface area contributed by atoms with Gasteiger partial charge in [-0.1, -0.05) is 24.6 Å². The first-order valence-electron chi connectivity index (χ1n) is 4.37. The Kier molecular flexibility index (Phi) is 3.06. The van der Waals surface area contributed by atoms with Crippen LogP contribution < -0.4 is 0 Å². The van der Waals surface area contributed by atoms with Crippen LogP contribution in [0.1, 0.15) is 18.9 Å². The zero-order valence-electron chi connectivity index (χ0n) is 8.24. The summed E-state index contributed by atoms with van der Waals surface area (Å²) in [6.07, 6.45) is 0.232. The summed E-state index contributed by atoms with van der Waals surface area (Å²) in [4.78, 5) is 0.204. The van der Waals surface area contributed by atoms with Gasteiger partial charge in [0, 0.05) is 0 Å². The molecule has 0 spiro atoms. The van der Waals surface area contributed by atoms with E-state index in [4.69, 9.17) is 5.41 Å². The summed E-state index contributed by atoms with van der Waals surface area (Å²) in [6.45, 7) is 3.55. The van der Waals surface area contributed by atoms with Crippen molar-refractivity contribution in [3.63, 3.8) is 0 Å². The van der Waals surface area contributed by atoms with Crippen molar-refractivity contribution in [1.29, 1.82) is 5.41 Å². The van der Waals surface area contributed by atoms with Gasteiger partial charge in [0.25, 0.3) is 0 Å². The molecule has 1 aromatic rings. The van der Waals surface area contributed by atoms with Crippen LogP contribution in [0, 0.1) is 12.3 Å². The molecule has 0 aliphatic rings. The van der Waals surface area contributed by atoms with Crippen molar-refractivity contribution < 1.29 is 8.42 Å². The van der Waals surface area contributed by atoms with Gasteiger partial charge < -0.3 is 0 Å². The third kappa shape index (κ3) is 2.01. The van der Waals surface area contributed by atoms with Crippen LogP contribution in [0.4, 0.5) is 0 Å². The fraction of sp³-hybridized carbons (Fsp3) is 0.300. The number of nitrogens with one attached hydrogen (secondary N) is 1. The molecule has 0 saturated carbocycles. The number of aryl methyl sites for hydroxylation is 1. The van der Waals surface area contributed by atoms with E-state index in [9.17, 15) is 8.42 Å². The Morgan fingerprint density at radius 3 is 2.21 bits per heavy atom. The molecule has 0 amide bonds. The number of hydrogen-bond donors (Lipinski definition) is 1. The van der Waals surface area contributed by atoms with E-state index in [1.807, 2.05) is 6.92 Å². The topological polar surface area (TPSA) is 58.0 Å². The van der Waals surface area contributed by atoms with Crippen molar-refractivity contribution in [2.45, 2.75) is 25.2 Å². The first-order valence-corrected chi connectivity index (χ1v) is 5.86. The van der Waals surface area contributed by atoms with Gasteiger partial charge in [0.1, 0.15) is 5.04 Å². The molecule has 0 unspecified atom stereocenters. The summed E-state index contributed by atoms with van der Waals surface area (Å²) in [5, 5.41) is 7.11. The van der Waals surface area contributed by atoms with Gasteiger partial charge in [-0.3, -0.25) is 5.41 Å². The highest BCUT2D eigenvalue weighted by Gasteiger charge is 2.18. The average molecular weight is 211 g/mol. The standard InChI is InChI=1S/C10H13NO2S/c1-3-10(11)14(12,13)9-6-4-8(2)5-7-9/h4-7,11H,3H2,1-2H3. The smallest absolute Gasteiger partial charge is 0.219 e. The quantitative estimate of drug-likeness (QED) is 0.602. The number of benzene rings is 1. The van der Waals surface area contributed by atoms with E-state index in [0.717, 1.165) is 5.56 Å². The maximum Gasteiger partial charge on any atom is 0.219 e. The minimum atomic E-state index is -3.52. The van der Waals surface area contributed by atoms with E-state index < -0.39 is 9.84 Å². The molecule has 0 saturated heterocycles. The minimum absolute atomic E-state index is 0.204. The van der Waals surface area contributed by atoms with Gasteiger partial charge >= 0.3 is 0 Å². The maximum atomic E-state index is 11.6. The van der Waals surface area contributed by atoms with Crippen molar-refractivity contribution in [1.82, 2.24) is 0 Å². The van der Waals surface area contributed by atoms with Gasteiger partial charge in [0.05, 0.1) is 4.90 Å². The Balaban J connectivity index is 3.18. The van der Waals surface area contributed by atoms with Crippen molar-refractivity contribution in [2.75, 3.05) is 0 Å². The van der Waals surface area contributed by atoms with E-state index in [0.29, 0.717) is 0 Å². The van der Waals surface area contributed by atoms with E-state index in [-0.39, 0.29) is 16.4 Å². The van der Waals surface area contributed by atoms with Crippen LogP contribution in [-0.4, -0.2) is 13.5 Å². The van der Waals surface area contributed by atoms with Gasteiger partial charge in [-0.15, -0.1) is 0 Å². The minimum Gasteiger partial charge on any atom is -0.293 e. The molecule has 0 radical (unpaired) electrons. The molecule has 0 atom stereocenters. The fourth-order valence-corrected chi connectivity index (χ4v) is 2.21. The average Bonchev–Trinajstić information content (AvgIpc) is 2.17. The predicted octanol–water partition coefficient (Wildman–Crippen LogP) is 2.16.